The first-order valence-electron chi connectivity index (χ1n) is 13.7. The molecule has 0 radical (unpaired) electrons. The molecule has 3 fully saturated rings. The Morgan fingerprint density at radius 3 is 2.46 bits per heavy atom. The molecule has 1 saturated carbocycles. The lowest BCUT2D eigenvalue weighted by Gasteiger charge is -2.43. The number of nitrogens with zero attached hydrogens (tertiary/aromatic N) is 4. The van der Waals surface area contributed by atoms with Gasteiger partial charge in [0.25, 0.3) is 0 Å². The maximum absolute atomic E-state index is 13.6. The molecule has 3 amide bonds. The van der Waals surface area contributed by atoms with Crippen LogP contribution in [0.5, 0.6) is 0 Å². The number of morpholine rings is 1. The number of aromatic nitrogens is 1. The summed E-state index contributed by atoms with van der Waals surface area (Å²) >= 11 is 3.34. The summed E-state index contributed by atoms with van der Waals surface area (Å²) in [6.45, 7) is 11.5. The highest BCUT2D eigenvalue weighted by atomic mass is 32.2. The number of likely N-dealkylation sites (tertiary alicyclic amines) is 1. The van der Waals surface area contributed by atoms with E-state index in [-0.39, 0.29) is 24.2 Å². The van der Waals surface area contributed by atoms with Gasteiger partial charge in [0, 0.05) is 50.6 Å². The van der Waals surface area contributed by atoms with Crippen molar-refractivity contribution in [2.24, 2.45) is 0 Å². The molecule has 9 nitrogen and oxygen atoms in total. The van der Waals surface area contributed by atoms with E-state index in [1.807, 2.05) is 27.0 Å². The van der Waals surface area contributed by atoms with Crippen LogP contribution in [0.2, 0.25) is 0 Å². The number of hydrogen-bond acceptors (Lipinski definition) is 8. The number of anilines is 1. The number of urea groups is 1. The second kappa shape index (κ2) is 13.5. The van der Waals surface area contributed by atoms with Crippen molar-refractivity contribution in [1.82, 2.24) is 19.7 Å². The summed E-state index contributed by atoms with van der Waals surface area (Å²) in [4.78, 5) is 36.9. The lowest BCUT2D eigenvalue weighted by molar-refractivity contribution is 0.0141. The molecule has 4 rings (SSSR count). The molecule has 1 N–H and O–H groups in total. The van der Waals surface area contributed by atoms with Crippen molar-refractivity contribution in [1.29, 1.82) is 0 Å². The molecule has 208 valence electrons. The maximum atomic E-state index is 13.6. The zero-order valence-electron chi connectivity index (χ0n) is 22.6. The average molecular weight is 554 g/mol. The van der Waals surface area contributed by atoms with Gasteiger partial charge >= 0.3 is 12.1 Å². The third-order valence-electron chi connectivity index (χ3n) is 7.17. The van der Waals surface area contributed by atoms with Gasteiger partial charge in [-0.3, -0.25) is 10.2 Å². The maximum Gasteiger partial charge on any atom is 0.410 e. The van der Waals surface area contributed by atoms with E-state index in [2.05, 4.69) is 20.1 Å². The molecule has 2 aliphatic heterocycles. The number of amides is 3. The SMILES string of the molecule is CC(C)(C)OC(=O)N1CCC(N(C(=O)Nc2ncc(SCCN3CCOCC3)s2)C2CCCCC2)CC1. The van der Waals surface area contributed by atoms with Crippen LogP contribution in [0.3, 0.4) is 0 Å². The van der Waals surface area contributed by atoms with Gasteiger partial charge in [-0.15, -0.1) is 11.8 Å². The Hall–Kier alpha value is -1.56. The van der Waals surface area contributed by atoms with E-state index in [0.29, 0.717) is 18.2 Å². The summed E-state index contributed by atoms with van der Waals surface area (Å²) in [5.41, 5.74) is -0.505. The van der Waals surface area contributed by atoms with Crippen LogP contribution < -0.4 is 5.32 Å². The highest BCUT2D eigenvalue weighted by molar-refractivity contribution is 8.01. The molecule has 1 aromatic rings. The molecule has 0 unspecified atom stereocenters. The smallest absolute Gasteiger partial charge is 0.410 e. The minimum Gasteiger partial charge on any atom is -0.444 e. The van der Waals surface area contributed by atoms with Crippen LogP contribution in [0.15, 0.2) is 10.4 Å². The summed E-state index contributed by atoms with van der Waals surface area (Å²) in [5, 5.41) is 3.77. The minimum absolute atomic E-state index is 0.0539. The Morgan fingerprint density at radius 2 is 1.78 bits per heavy atom. The van der Waals surface area contributed by atoms with Crippen LogP contribution in [-0.2, 0) is 9.47 Å². The summed E-state index contributed by atoms with van der Waals surface area (Å²) < 4.78 is 12.1. The molecule has 3 heterocycles. The van der Waals surface area contributed by atoms with E-state index in [1.54, 1.807) is 28.0 Å². The molecule has 37 heavy (non-hydrogen) atoms. The summed E-state index contributed by atoms with van der Waals surface area (Å²) in [5.74, 6) is 1.00. The zero-order chi connectivity index (χ0) is 26.3. The summed E-state index contributed by atoms with van der Waals surface area (Å²) in [7, 11) is 0. The molecule has 2 saturated heterocycles. The number of piperidine rings is 1. The number of carbonyl (C=O) groups excluding carboxylic acids is 2. The van der Waals surface area contributed by atoms with Crippen LogP contribution in [0.1, 0.15) is 65.7 Å². The average Bonchev–Trinajstić information content (AvgIpc) is 3.32. The fraction of sp³-hybridized carbons (Fsp3) is 0.808. The number of thioether (sulfide) groups is 1. The molecular weight excluding hydrogens is 510 g/mol. The zero-order valence-corrected chi connectivity index (χ0v) is 24.2. The number of thiazole rings is 1. The summed E-state index contributed by atoms with van der Waals surface area (Å²) in [6, 6.07) is 0.306. The van der Waals surface area contributed by atoms with Gasteiger partial charge in [-0.2, -0.15) is 0 Å². The van der Waals surface area contributed by atoms with Crippen molar-refractivity contribution < 1.29 is 19.1 Å². The molecule has 1 aromatic heterocycles. The van der Waals surface area contributed by atoms with Gasteiger partial charge in [-0.05, 0) is 46.5 Å². The van der Waals surface area contributed by atoms with Crippen molar-refractivity contribution in [3.63, 3.8) is 0 Å². The van der Waals surface area contributed by atoms with E-state index >= 15 is 0 Å². The minimum atomic E-state index is -0.505. The number of rotatable bonds is 7. The molecule has 0 atom stereocenters. The van der Waals surface area contributed by atoms with Crippen molar-refractivity contribution in [3.05, 3.63) is 6.20 Å². The third kappa shape index (κ3) is 8.73. The van der Waals surface area contributed by atoms with Gasteiger partial charge in [0.1, 0.15) is 5.60 Å². The second-order valence-electron chi connectivity index (χ2n) is 11.1. The van der Waals surface area contributed by atoms with Gasteiger partial charge < -0.3 is 19.3 Å². The monoisotopic (exact) mass is 553 g/mol. The Kier molecular flexibility index (Phi) is 10.4. The van der Waals surface area contributed by atoms with Crippen LogP contribution >= 0.6 is 23.1 Å². The van der Waals surface area contributed by atoms with Crippen molar-refractivity contribution in [2.75, 3.05) is 57.0 Å². The Bertz CT molecular complexity index is 873. The van der Waals surface area contributed by atoms with E-state index in [1.165, 1.54) is 6.42 Å². The first-order valence-corrected chi connectivity index (χ1v) is 15.5. The summed E-state index contributed by atoms with van der Waals surface area (Å²) in [6.07, 6.45) is 8.78. The highest BCUT2D eigenvalue weighted by Crippen LogP contribution is 2.31. The lowest BCUT2D eigenvalue weighted by atomic mass is 9.91. The van der Waals surface area contributed by atoms with E-state index < -0.39 is 5.60 Å². The van der Waals surface area contributed by atoms with Gasteiger partial charge in [0.05, 0.1) is 23.6 Å². The molecule has 11 heteroatoms. The van der Waals surface area contributed by atoms with Crippen LogP contribution in [0, 0.1) is 0 Å². The Labute approximate surface area is 229 Å². The first kappa shape index (κ1) is 28.4. The second-order valence-corrected chi connectivity index (χ2v) is 13.5. The van der Waals surface area contributed by atoms with Gasteiger partial charge in [-0.1, -0.05) is 30.6 Å². The number of ether oxygens (including phenoxy) is 2. The Morgan fingerprint density at radius 1 is 1.11 bits per heavy atom. The quantitative estimate of drug-likeness (QED) is 0.468. The molecule has 0 bridgehead atoms. The fourth-order valence-electron chi connectivity index (χ4n) is 5.28. The predicted octanol–water partition coefficient (Wildman–Crippen LogP) is 5.13. The van der Waals surface area contributed by atoms with Gasteiger partial charge in [-0.25, -0.2) is 14.6 Å². The Balaban J connectivity index is 1.31. The molecular formula is C26H43N5O4S2. The topological polar surface area (TPSA) is 87.2 Å². The lowest BCUT2D eigenvalue weighted by Crippen LogP contribution is -2.54. The van der Waals surface area contributed by atoms with Gasteiger partial charge in [0.15, 0.2) is 5.13 Å². The fourth-order valence-corrected chi connectivity index (χ4v) is 7.22. The standard InChI is InChI=1S/C26H43N5O4S2/c1-26(2,3)35-25(33)30-11-9-21(10-12-30)31(20-7-5-4-6-8-20)24(32)28-23-27-19-22(37-23)36-18-15-29-13-16-34-17-14-29/h19-21H,4-18H2,1-3H3,(H,27,28,32). The number of hydrogen-bond donors (Lipinski definition) is 1. The van der Waals surface area contributed by atoms with E-state index in [9.17, 15) is 9.59 Å². The van der Waals surface area contributed by atoms with Crippen LogP contribution in [0.25, 0.3) is 0 Å². The van der Waals surface area contributed by atoms with E-state index in [4.69, 9.17) is 9.47 Å². The molecule has 0 spiro atoms. The first-order chi connectivity index (χ1) is 17.8. The third-order valence-corrected chi connectivity index (χ3v) is 9.25. The highest BCUT2D eigenvalue weighted by Gasteiger charge is 2.36. The molecule has 3 aliphatic rings. The van der Waals surface area contributed by atoms with Crippen molar-refractivity contribution >= 4 is 40.4 Å². The normalized spacial score (nSPS) is 20.6. The largest absolute Gasteiger partial charge is 0.444 e. The number of carbonyl (C=O) groups is 2. The predicted molar refractivity (Wildman–Crippen MR) is 149 cm³/mol. The van der Waals surface area contributed by atoms with Crippen LogP contribution in [0.4, 0.5) is 14.7 Å². The van der Waals surface area contributed by atoms with Gasteiger partial charge in [0.2, 0.25) is 0 Å². The van der Waals surface area contributed by atoms with Crippen molar-refractivity contribution in [3.8, 4) is 0 Å². The molecule has 1 aliphatic carbocycles. The number of nitrogens with one attached hydrogen (secondary N) is 1. The van der Waals surface area contributed by atoms with E-state index in [0.717, 1.165) is 81.3 Å². The van der Waals surface area contributed by atoms with Crippen molar-refractivity contribution in [2.45, 2.75) is 87.6 Å². The molecule has 0 aromatic carbocycles. The van der Waals surface area contributed by atoms with Crippen LogP contribution in [-0.4, -0.2) is 101 Å².